The van der Waals surface area contributed by atoms with E-state index in [1.54, 1.807) is 4.90 Å². The molecule has 19 heavy (non-hydrogen) atoms. The Morgan fingerprint density at radius 2 is 1.95 bits per heavy atom. The zero-order chi connectivity index (χ0) is 13.8. The molecular formula is C12H20N4O3. The van der Waals surface area contributed by atoms with Crippen LogP contribution < -0.4 is 16.4 Å². The van der Waals surface area contributed by atoms with Gasteiger partial charge in [-0.2, -0.15) is 0 Å². The van der Waals surface area contributed by atoms with Crippen LogP contribution in [0.15, 0.2) is 0 Å². The first-order valence-electron chi connectivity index (χ1n) is 6.67. The normalized spacial score (nSPS) is 22.7. The molecule has 0 aromatic carbocycles. The fraction of sp³-hybridized carbons (Fsp3) is 0.750. The molecule has 4 N–H and O–H groups in total. The lowest BCUT2D eigenvalue weighted by molar-refractivity contribution is -0.128. The third-order valence-corrected chi connectivity index (χ3v) is 3.42. The molecule has 2 fully saturated rings. The summed E-state index contributed by atoms with van der Waals surface area (Å²) in [6, 6.07) is 0.228. The van der Waals surface area contributed by atoms with Crippen LogP contribution in [0.4, 0.5) is 4.79 Å². The van der Waals surface area contributed by atoms with Crippen LogP contribution in [0.3, 0.4) is 0 Å². The molecule has 0 spiro atoms. The number of piperidine rings is 1. The standard InChI is InChI=1S/C12H20N4O3/c13-10(17)6-14-11(18)8-2-1-5-16(7-8)12(19)15-9-3-4-9/h8-9H,1-7H2,(H2,13,17)(H,14,18)(H,15,19). The van der Waals surface area contributed by atoms with Gasteiger partial charge in [0, 0.05) is 19.1 Å². The molecule has 1 aliphatic heterocycles. The van der Waals surface area contributed by atoms with Crippen LogP contribution >= 0.6 is 0 Å². The van der Waals surface area contributed by atoms with E-state index in [1.165, 1.54) is 0 Å². The number of hydrogen-bond donors (Lipinski definition) is 3. The Kier molecular flexibility index (Phi) is 4.24. The van der Waals surface area contributed by atoms with Gasteiger partial charge in [-0.05, 0) is 25.7 Å². The van der Waals surface area contributed by atoms with Crippen molar-refractivity contribution in [1.82, 2.24) is 15.5 Å². The molecule has 1 atom stereocenters. The average molecular weight is 268 g/mol. The largest absolute Gasteiger partial charge is 0.368 e. The zero-order valence-corrected chi connectivity index (χ0v) is 10.9. The molecule has 2 rings (SSSR count). The van der Waals surface area contributed by atoms with Gasteiger partial charge in [0.15, 0.2) is 0 Å². The van der Waals surface area contributed by atoms with E-state index in [-0.39, 0.29) is 24.4 Å². The Morgan fingerprint density at radius 1 is 1.21 bits per heavy atom. The number of carbonyl (C=O) groups excluding carboxylic acids is 3. The number of likely N-dealkylation sites (tertiary alicyclic amines) is 1. The van der Waals surface area contributed by atoms with Crippen LogP contribution in [0.2, 0.25) is 0 Å². The fourth-order valence-corrected chi connectivity index (χ4v) is 2.19. The lowest BCUT2D eigenvalue weighted by Crippen LogP contribution is -2.50. The van der Waals surface area contributed by atoms with Gasteiger partial charge in [-0.3, -0.25) is 9.59 Å². The second-order valence-corrected chi connectivity index (χ2v) is 5.19. The summed E-state index contributed by atoms with van der Waals surface area (Å²) in [6.07, 6.45) is 3.62. The Labute approximate surface area is 111 Å². The molecular weight excluding hydrogens is 248 g/mol. The van der Waals surface area contributed by atoms with Crippen molar-refractivity contribution in [2.24, 2.45) is 11.7 Å². The number of urea groups is 1. The van der Waals surface area contributed by atoms with Crippen LogP contribution in [0.25, 0.3) is 0 Å². The number of rotatable bonds is 4. The van der Waals surface area contributed by atoms with Crippen molar-refractivity contribution in [3.63, 3.8) is 0 Å². The molecule has 0 aromatic heterocycles. The van der Waals surface area contributed by atoms with E-state index in [4.69, 9.17) is 5.73 Å². The van der Waals surface area contributed by atoms with Crippen LogP contribution in [-0.4, -0.2) is 48.4 Å². The predicted molar refractivity (Wildman–Crippen MR) is 68.1 cm³/mol. The molecule has 0 radical (unpaired) electrons. The van der Waals surface area contributed by atoms with Gasteiger partial charge < -0.3 is 21.3 Å². The van der Waals surface area contributed by atoms with Crippen molar-refractivity contribution in [2.75, 3.05) is 19.6 Å². The van der Waals surface area contributed by atoms with E-state index in [0.29, 0.717) is 19.1 Å². The summed E-state index contributed by atoms with van der Waals surface area (Å²) in [5.41, 5.74) is 4.98. The van der Waals surface area contributed by atoms with Gasteiger partial charge in [-0.1, -0.05) is 0 Å². The molecule has 0 bridgehead atoms. The SMILES string of the molecule is NC(=O)CNC(=O)C1CCCN(C(=O)NC2CC2)C1. The molecule has 1 heterocycles. The van der Waals surface area contributed by atoms with Crippen molar-refractivity contribution in [3.8, 4) is 0 Å². The highest BCUT2D eigenvalue weighted by Gasteiger charge is 2.31. The smallest absolute Gasteiger partial charge is 0.317 e. The van der Waals surface area contributed by atoms with Crippen LogP contribution in [0.5, 0.6) is 0 Å². The van der Waals surface area contributed by atoms with Gasteiger partial charge in [0.25, 0.3) is 0 Å². The first-order valence-corrected chi connectivity index (χ1v) is 6.67. The molecule has 1 unspecified atom stereocenters. The Balaban J connectivity index is 1.80. The van der Waals surface area contributed by atoms with Crippen molar-refractivity contribution in [2.45, 2.75) is 31.7 Å². The Bertz CT molecular complexity index is 381. The zero-order valence-electron chi connectivity index (χ0n) is 10.9. The number of amides is 4. The van der Waals surface area contributed by atoms with Crippen molar-refractivity contribution >= 4 is 17.8 Å². The maximum Gasteiger partial charge on any atom is 0.317 e. The summed E-state index contributed by atoms with van der Waals surface area (Å²) in [5, 5.41) is 5.41. The molecule has 106 valence electrons. The minimum Gasteiger partial charge on any atom is -0.368 e. The highest BCUT2D eigenvalue weighted by atomic mass is 16.2. The second kappa shape index (κ2) is 5.90. The number of nitrogens with one attached hydrogen (secondary N) is 2. The molecule has 1 saturated heterocycles. The Hall–Kier alpha value is -1.79. The third-order valence-electron chi connectivity index (χ3n) is 3.42. The van der Waals surface area contributed by atoms with Crippen molar-refractivity contribution < 1.29 is 14.4 Å². The molecule has 4 amide bonds. The highest BCUT2D eigenvalue weighted by Crippen LogP contribution is 2.21. The van der Waals surface area contributed by atoms with Crippen LogP contribution in [0, 0.1) is 5.92 Å². The van der Waals surface area contributed by atoms with E-state index < -0.39 is 5.91 Å². The number of hydrogen-bond acceptors (Lipinski definition) is 3. The lowest BCUT2D eigenvalue weighted by atomic mass is 9.97. The van der Waals surface area contributed by atoms with Gasteiger partial charge >= 0.3 is 6.03 Å². The molecule has 2 aliphatic rings. The summed E-state index contributed by atoms with van der Waals surface area (Å²) in [6.45, 7) is 0.935. The average Bonchev–Trinajstić information content (AvgIpc) is 3.20. The van der Waals surface area contributed by atoms with E-state index in [2.05, 4.69) is 10.6 Å². The molecule has 1 aliphatic carbocycles. The quantitative estimate of drug-likeness (QED) is 0.620. The maximum absolute atomic E-state index is 11.9. The fourth-order valence-electron chi connectivity index (χ4n) is 2.19. The summed E-state index contributed by atoms with van der Waals surface area (Å²) in [5.74, 6) is -1.02. The third kappa shape index (κ3) is 4.11. The first-order chi connectivity index (χ1) is 9.06. The lowest BCUT2D eigenvalue weighted by Gasteiger charge is -2.32. The summed E-state index contributed by atoms with van der Waals surface area (Å²) in [4.78, 5) is 36.0. The monoisotopic (exact) mass is 268 g/mol. The maximum atomic E-state index is 11.9. The van der Waals surface area contributed by atoms with E-state index in [0.717, 1.165) is 25.7 Å². The van der Waals surface area contributed by atoms with Gasteiger partial charge in [-0.25, -0.2) is 4.79 Å². The van der Waals surface area contributed by atoms with Crippen LogP contribution in [-0.2, 0) is 9.59 Å². The predicted octanol–water partition coefficient (Wildman–Crippen LogP) is -0.828. The van der Waals surface area contributed by atoms with Gasteiger partial charge in [0.1, 0.15) is 0 Å². The molecule has 1 saturated carbocycles. The van der Waals surface area contributed by atoms with E-state index in [9.17, 15) is 14.4 Å². The topological polar surface area (TPSA) is 105 Å². The summed E-state index contributed by atoms with van der Waals surface area (Å²) < 4.78 is 0. The van der Waals surface area contributed by atoms with Gasteiger partial charge in [0.2, 0.25) is 11.8 Å². The number of carbonyl (C=O) groups is 3. The molecule has 0 aromatic rings. The Morgan fingerprint density at radius 3 is 2.58 bits per heavy atom. The minimum absolute atomic E-state index is 0.0881. The number of primary amides is 1. The second-order valence-electron chi connectivity index (χ2n) is 5.19. The number of nitrogens with zero attached hydrogens (tertiary/aromatic N) is 1. The van der Waals surface area contributed by atoms with Crippen molar-refractivity contribution in [3.05, 3.63) is 0 Å². The summed E-state index contributed by atoms with van der Waals surface area (Å²) >= 11 is 0. The van der Waals surface area contributed by atoms with E-state index in [1.807, 2.05) is 0 Å². The molecule has 7 heteroatoms. The highest BCUT2D eigenvalue weighted by molar-refractivity contribution is 5.85. The number of nitrogens with two attached hydrogens (primary N) is 1. The van der Waals surface area contributed by atoms with Gasteiger partial charge in [0.05, 0.1) is 12.5 Å². The molecule has 7 nitrogen and oxygen atoms in total. The van der Waals surface area contributed by atoms with Gasteiger partial charge in [-0.15, -0.1) is 0 Å². The first kappa shape index (κ1) is 13.6. The summed E-state index contributed by atoms with van der Waals surface area (Å²) in [7, 11) is 0. The minimum atomic E-state index is -0.563. The van der Waals surface area contributed by atoms with Crippen molar-refractivity contribution in [1.29, 1.82) is 0 Å². The van der Waals surface area contributed by atoms with E-state index >= 15 is 0 Å². The van der Waals surface area contributed by atoms with Crippen LogP contribution in [0.1, 0.15) is 25.7 Å².